The minimum Gasteiger partial charge on any atom is -0.309 e. The summed E-state index contributed by atoms with van der Waals surface area (Å²) >= 11 is 0. The largest absolute Gasteiger partial charge is 0.309 e. The van der Waals surface area contributed by atoms with Gasteiger partial charge in [-0.3, -0.25) is 9.79 Å². The molecular formula is C12H14N2O. The molecule has 78 valence electrons. The molecule has 1 heterocycles. The van der Waals surface area contributed by atoms with E-state index in [0.717, 1.165) is 12.0 Å². The maximum atomic E-state index is 11.4. The highest BCUT2D eigenvalue weighted by atomic mass is 16.2. The summed E-state index contributed by atoms with van der Waals surface area (Å²) in [7, 11) is 0. The molecule has 0 saturated heterocycles. The van der Waals surface area contributed by atoms with Crippen molar-refractivity contribution in [2.45, 2.75) is 26.3 Å². The summed E-state index contributed by atoms with van der Waals surface area (Å²) in [6.07, 6.45) is 0.751. The van der Waals surface area contributed by atoms with Crippen LogP contribution in [0, 0.1) is 6.92 Å². The van der Waals surface area contributed by atoms with Crippen LogP contribution in [0.5, 0.6) is 0 Å². The molecule has 0 aliphatic carbocycles. The Hall–Kier alpha value is -1.64. The molecule has 1 aliphatic heterocycles. The zero-order chi connectivity index (χ0) is 10.8. The fourth-order valence-electron chi connectivity index (χ4n) is 1.58. The SMILES string of the molecule is CCC1N=C(c2ccc(C)cc2)NC1=O. The van der Waals surface area contributed by atoms with Crippen molar-refractivity contribution in [2.24, 2.45) is 4.99 Å². The van der Waals surface area contributed by atoms with Gasteiger partial charge in [0.1, 0.15) is 11.9 Å². The summed E-state index contributed by atoms with van der Waals surface area (Å²) in [6.45, 7) is 4.00. The van der Waals surface area contributed by atoms with Gasteiger partial charge < -0.3 is 5.32 Å². The van der Waals surface area contributed by atoms with E-state index in [1.165, 1.54) is 5.56 Å². The summed E-state index contributed by atoms with van der Waals surface area (Å²) in [6, 6.07) is 7.78. The van der Waals surface area contributed by atoms with Crippen LogP contribution in [0.25, 0.3) is 0 Å². The average molecular weight is 202 g/mol. The molecule has 0 bridgehead atoms. The van der Waals surface area contributed by atoms with E-state index < -0.39 is 0 Å². The van der Waals surface area contributed by atoms with Crippen molar-refractivity contribution < 1.29 is 4.79 Å². The van der Waals surface area contributed by atoms with Crippen LogP contribution in [-0.2, 0) is 4.79 Å². The summed E-state index contributed by atoms with van der Waals surface area (Å²) in [5.74, 6) is 0.708. The molecule has 0 fully saturated rings. The Morgan fingerprint density at radius 3 is 2.53 bits per heavy atom. The van der Waals surface area contributed by atoms with Gasteiger partial charge in [0.25, 0.3) is 0 Å². The van der Waals surface area contributed by atoms with Gasteiger partial charge in [-0.25, -0.2) is 0 Å². The first kappa shape index (κ1) is 9.90. The number of aryl methyl sites for hydroxylation is 1. The van der Waals surface area contributed by atoms with E-state index >= 15 is 0 Å². The van der Waals surface area contributed by atoms with Gasteiger partial charge in [-0.1, -0.05) is 36.8 Å². The van der Waals surface area contributed by atoms with E-state index in [4.69, 9.17) is 0 Å². The third kappa shape index (κ3) is 1.91. The predicted octanol–water partition coefficient (Wildman–Crippen LogP) is 1.65. The van der Waals surface area contributed by atoms with Crippen molar-refractivity contribution in [2.75, 3.05) is 0 Å². The van der Waals surface area contributed by atoms with E-state index in [2.05, 4.69) is 10.3 Å². The second-order valence-corrected chi connectivity index (χ2v) is 3.76. The van der Waals surface area contributed by atoms with Crippen molar-refractivity contribution in [3.8, 4) is 0 Å². The second kappa shape index (κ2) is 3.85. The molecule has 1 aromatic rings. The summed E-state index contributed by atoms with van der Waals surface area (Å²) < 4.78 is 0. The molecule has 1 aliphatic rings. The number of rotatable bonds is 2. The molecule has 0 spiro atoms. The third-order valence-corrected chi connectivity index (χ3v) is 2.54. The zero-order valence-corrected chi connectivity index (χ0v) is 8.95. The summed E-state index contributed by atoms with van der Waals surface area (Å²) in [5.41, 5.74) is 2.18. The van der Waals surface area contributed by atoms with E-state index in [1.807, 2.05) is 38.1 Å². The average Bonchev–Trinajstić information content (AvgIpc) is 2.61. The fraction of sp³-hybridized carbons (Fsp3) is 0.333. The minimum absolute atomic E-state index is 0.00748. The number of nitrogens with zero attached hydrogens (tertiary/aromatic N) is 1. The Balaban J connectivity index is 2.26. The maximum Gasteiger partial charge on any atom is 0.250 e. The molecule has 0 saturated carbocycles. The molecule has 1 unspecified atom stereocenters. The Morgan fingerprint density at radius 1 is 1.33 bits per heavy atom. The second-order valence-electron chi connectivity index (χ2n) is 3.76. The van der Waals surface area contributed by atoms with Crippen LogP contribution in [-0.4, -0.2) is 17.8 Å². The highest BCUT2D eigenvalue weighted by Gasteiger charge is 2.24. The van der Waals surface area contributed by atoms with Gasteiger partial charge in [-0.2, -0.15) is 0 Å². The Labute approximate surface area is 89.2 Å². The van der Waals surface area contributed by atoms with Crippen LogP contribution in [0.1, 0.15) is 24.5 Å². The highest BCUT2D eigenvalue weighted by Crippen LogP contribution is 2.11. The van der Waals surface area contributed by atoms with Gasteiger partial charge in [0, 0.05) is 5.56 Å². The van der Waals surface area contributed by atoms with Crippen LogP contribution in [0.2, 0.25) is 0 Å². The van der Waals surface area contributed by atoms with Crippen molar-refractivity contribution in [3.05, 3.63) is 35.4 Å². The number of carbonyl (C=O) groups excluding carboxylic acids is 1. The van der Waals surface area contributed by atoms with Crippen molar-refractivity contribution in [1.29, 1.82) is 0 Å². The lowest BCUT2D eigenvalue weighted by Gasteiger charge is -2.00. The van der Waals surface area contributed by atoms with Crippen LogP contribution in [0.3, 0.4) is 0 Å². The number of hydrogen-bond acceptors (Lipinski definition) is 2. The van der Waals surface area contributed by atoms with Gasteiger partial charge in [-0.15, -0.1) is 0 Å². The number of hydrogen-bond donors (Lipinski definition) is 1. The van der Waals surface area contributed by atoms with Crippen molar-refractivity contribution in [1.82, 2.24) is 5.32 Å². The predicted molar refractivity (Wildman–Crippen MR) is 59.9 cm³/mol. The molecular weight excluding hydrogens is 188 g/mol. The lowest BCUT2D eigenvalue weighted by Crippen LogP contribution is -2.28. The smallest absolute Gasteiger partial charge is 0.250 e. The molecule has 15 heavy (non-hydrogen) atoms. The van der Waals surface area contributed by atoms with Crippen LogP contribution in [0.15, 0.2) is 29.3 Å². The number of aliphatic imine (C=N–C) groups is 1. The maximum absolute atomic E-state index is 11.4. The molecule has 1 atom stereocenters. The molecule has 2 rings (SSSR count). The van der Waals surface area contributed by atoms with Gasteiger partial charge in [0.15, 0.2) is 0 Å². The van der Waals surface area contributed by atoms with E-state index in [9.17, 15) is 4.79 Å². The first-order valence-electron chi connectivity index (χ1n) is 5.16. The van der Waals surface area contributed by atoms with E-state index in [1.54, 1.807) is 0 Å². The molecule has 1 N–H and O–H groups in total. The first-order valence-corrected chi connectivity index (χ1v) is 5.16. The molecule has 0 radical (unpaired) electrons. The van der Waals surface area contributed by atoms with E-state index in [-0.39, 0.29) is 11.9 Å². The van der Waals surface area contributed by atoms with E-state index in [0.29, 0.717) is 5.84 Å². The number of amidine groups is 1. The van der Waals surface area contributed by atoms with Gasteiger partial charge >= 0.3 is 0 Å². The quantitative estimate of drug-likeness (QED) is 0.778. The summed E-state index contributed by atoms with van der Waals surface area (Å²) in [4.78, 5) is 15.8. The monoisotopic (exact) mass is 202 g/mol. The lowest BCUT2D eigenvalue weighted by molar-refractivity contribution is -0.120. The van der Waals surface area contributed by atoms with Gasteiger partial charge in [0.2, 0.25) is 5.91 Å². The molecule has 1 aromatic carbocycles. The first-order chi connectivity index (χ1) is 7.20. The Morgan fingerprint density at radius 2 is 2.00 bits per heavy atom. The third-order valence-electron chi connectivity index (χ3n) is 2.54. The normalized spacial score (nSPS) is 20.0. The van der Waals surface area contributed by atoms with Gasteiger partial charge in [-0.05, 0) is 13.3 Å². The standard InChI is InChI=1S/C12H14N2O/c1-3-10-12(15)14-11(13-10)9-6-4-8(2)5-7-9/h4-7,10H,3H2,1-2H3,(H,13,14,15). The van der Waals surface area contributed by atoms with Crippen LogP contribution in [0.4, 0.5) is 0 Å². The lowest BCUT2D eigenvalue weighted by atomic mass is 10.1. The van der Waals surface area contributed by atoms with Crippen LogP contribution < -0.4 is 5.32 Å². The summed E-state index contributed by atoms with van der Waals surface area (Å²) in [5, 5.41) is 2.80. The molecule has 3 heteroatoms. The Bertz CT molecular complexity index is 406. The topological polar surface area (TPSA) is 41.5 Å². The van der Waals surface area contributed by atoms with Crippen molar-refractivity contribution >= 4 is 11.7 Å². The fourth-order valence-corrected chi connectivity index (χ4v) is 1.58. The van der Waals surface area contributed by atoms with Crippen LogP contribution >= 0.6 is 0 Å². The van der Waals surface area contributed by atoms with Gasteiger partial charge in [0.05, 0.1) is 0 Å². The molecule has 1 amide bonds. The molecule has 0 aromatic heterocycles. The minimum atomic E-state index is -0.207. The van der Waals surface area contributed by atoms with Crippen molar-refractivity contribution in [3.63, 3.8) is 0 Å². The number of benzene rings is 1. The number of nitrogens with one attached hydrogen (secondary N) is 1. The number of carbonyl (C=O) groups is 1. The Kier molecular flexibility index (Phi) is 2.54. The highest BCUT2D eigenvalue weighted by molar-refractivity contribution is 6.13. The number of amides is 1. The molecule has 3 nitrogen and oxygen atoms in total. The zero-order valence-electron chi connectivity index (χ0n) is 8.95.